The number of pyridine rings is 1. The number of carbonyl (C=O) groups excluding carboxylic acids is 1. The summed E-state index contributed by atoms with van der Waals surface area (Å²) in [5.41, 5.74) is 4.43. The third-order valence-electron chi connectivity index (χ3n) is 5.80. The van der Waals surface area contributed by atoms with Gasteiger partial charge >= 0.3 is 6.09 Å². The van der Waals surface area contributed by atoms with Crippen LogP contribution in [0.2, 0.25) is 5.02 Å². The highest BCUT2D eigenvalue weighted by Crippen LogP contribution is 2.44. The number of benzene rings is 1. The average molecular weight is 421 g/mol. The number of carbonyl (C=O) groups is 1. The Morgan fingerprint density at radius 3 is 2.67 bits per heavy atom. The molecule has 0 spiro atoms. The Morgan fingerprint density at radius 2 is 1.97 bits per heavy atom. The molecular weight excluding hydrogens is 395 g/mol. The van der Waals surface area contributed by atoms with Crippen molar-refractivity contribution in [3.63, 3.8) is 0 Å². The van der Waals surface area contributed by atoms with Crippen LogP contribution < -0.4 is 0 Å². The zero-order valence-corrected chi connectivity index (χ0v) is 18.4. The second kappa shape index (κ2) is 8.11. The Hall–Kier alpha value is -2.27. The minimum Gasteiger partial charge on any atom is -0.444 e. The third-order valence-corrected chi connectivity index (χ3v) is 6.04. The first-order chi connectivity index (χ1) is 14.2. The fourth-order valence-corrected chi connectivity index (χ4v) is 4.66. The Bertz CT molecular complexity index is 991. The molecule has 1 aromatic heterocycles. The van der Waals surface area contributed by atoms with Gasteiger partial charge in [-0.2, -0.15) is 0 Å². The van der Waals surface area contributed by atoms with Crippen LogP contribution in [0.15, 0.2) is 36.5 Å². The Kier molecular flexibility index (Phi) is 5.67. The highest BCUT2D eigenvalue weighted by atomic mass is 35.5. The van der Waals surface area contributed by atoms with E-state index >= 15 is 0 Å². The van der Waals surface area contributed by atoms with Crippen molar-refractivity contribution in [2.24, 2.45) is 5.92 Å². The maximum Gasteiger partial charge on any atom is 0.410 e. The van der Waals surface area contributed by atoms with E-state index in [0.717, 1.165) is 29.7 Å². The molecule has 0 N–H and O–H groups in total. The van der Waals surface area contributed by atoms with Crippen LogP contribution in [0.25, 0.3) is 11.5 Å². The molecule has 154 valence electrons. The Labute approximate surface area is 184 Å². The lowest BCUT2D eigenvalue weighted by Crippen LogP contribution is -2.42. The molecule has 1 saturated heterocycles. The van der Waals surface area contributed by atoms with Crippen molar-refractivity contribution in [1.82, 2.24) is 9.88 Å². The molecule has 6 heteroatoms. The zero-order chi connectivity index (χ0) is 21.5. The van der Waals surface area contributed by atoms with Gasteiger partial charge in [0.25, 0.3) is 0 Å². The summed E-state index contributed by atoms with van der Waals surface area (Å²) in [4.78, 5) is 19.0. The summed E-state index contributed by atoms with van der Waals surface area (Å²) in [5.74, 6) is 0.447. The third kappa shape index (κ3) is 4.27. The number of hydrogen-bond acceptors (Lipinski definition) is 3. The average Bonchev–Trinajstić information content (AvgIpc) is 2.80. The Morgan fingerprint density at radius 1 is 1.23 bits per heavy atom. The van der Waals surface area contributed by atoms with Crippen LogP contribution in [0.5, 0.6) is 0 Å². The molecule has 0 saturated carbocycles. The molecule has 1 unspecified atom stereocenters. The van der Waals surface area contributed by atoms with E-state index in [0.29, 0.717) is 29.5 Å². The molecule has 2 aromatic rings. The van der Waals surface area contributed by atoms with Crippen molar-refractivity contribution in [2.75, 3.05) is 13.1 Å². The lowest BCUT2D eigenvalue weighted by Gasteiger charge is -2.37. The predicted octanol–water partition coefficient (Wildman–Crippen LogP) is 5.49. The standard InChI is InChI=1S/C24H26BClN2O2/c1-24(2,3)30-23(29)28-11-8-15(9-12-28)21-18-7-6-17(26)13-16(18)14-20(25)19-5-4-10-27-22(19)21/h4-7,10,13-15,21H,8-9,11-12H2,1-3H3. The van der Waals surface area contributed by atoms with E-state index in [4.69, 9.17) is 29.2 Å². The summed E-state index contributed by atoms with van der Waals surface area (Å²) in [6.45, 7) is 7.02. The van der Waals surface area contributed by atoms with Gasteiger partial charge < -0.3 is 9.64 Å². The van der Waals surface area contributed by atoms with Gasteiger partial charge in [-0.25, -0.2) is 4.79 Å². The summed E-state index contributed by atoms with van der Waals surface area (Å²) < 4.78 is 5.55. The molecule has 1 amide bonds. The smallest absolute Gasteiger partial charge is 0.410 e. The number of halogens is 1. The van der Waals surface area contributed by atoms with E-state index < -0.39 is 5.60 Å². The molecule has 2 heterocycles. The number of nitrogens with zero attached hydrogens (tertiary/aromatic N) is 2. The Balaban J connectivity index is 1.64. The highest BCUT2D eigenvalue weighted by molar-refractivity contribution is 6.45. The van der Waals surface area contributed by atoms with Crippen molar-refractivity contribution in [2.45, 2.75) is 45.1 Å². The van der Waals surface area contributed by atoms with Gasteiger partial charge in [0.1, 0.15) is 13.4 Å². The van der Waals surface area contributed by atoms with Crippen LogP contribution in [-0.4, -0.2) is 42.5 Å². The van der Waals surface area contributed by atoms with E-state index in [9.17, 15) is 4.79 Å². The van der Waals surface area contributed by atoms with E-state index in [-0.39, 0.29) is 12.0 Å². The van der Waals surface area contributed by atoms with Crippen molar-refractivity contribution < 1.29 is 9.53 Å². The van der Waals surface area contributed by atoms with Gasteiger partial charge in [0.05, 0.1) is 5.69 Å². The SMILES string of the molecule is [B]C1=Cc2cc(Cl)ccc2C(C2CCN(C(=O)OC(C)(C)C)CC2)c2ncccc21. The number of ether oxygens (including phenoxy) is 1. The number of piperidine rings is 1. The van der Waals surface area contributed by atoms with Crippen molar-refractivity contribution in [1.29, 1.82) is 0 Å². The number of rotatable bonds is 1. The van der Waals surface area contributed by atoms with Crippen LogP contribution in [0.4, 0.5) is 4.79 Å². The lowest BCUT2D eigenvalue weighted by molar-refractivity contribution is 0.0178. The second-order valence-corrected chi connectivity index (χ2v) is 9.53. The van der Waals surface area contributed by atoms with Crippen molar-refractivity contribution in [3.05, 3.63) is 63.9 Å². The molecule has 30 heavy (non-hydrogen) atoms. The monoisotopic (exact) mass is 420 g/mol. The van der Waals surface area contributed by atoms with Gasteiger partial charge in [-0.05, 0) is 74.4 Å². The molecule has 2 radical (unpaired) electrons. The summed E-state index contributed by atoms with van der Waals surface area (Å²) >= 11 is 6.29. The maximum atomic E-state index is 12.5. The van der Waals surface area contributed by atoms with Gasteiger partial charge in [-0.15, -0.1) is 0 Å². The predicted molar refractivity (Wildman–Crippen MR) is 122 cm³/mol. The zero-order valence-electron chi connectivity index (χ0n) is 17.7. The van der Waals surface area contributed by atoms with Gasteiger partial charge in [0.15, 0.2) is 0 Å². The molecule has 4 rings (SSSR count). The number of fused-ring (bicyclic) bond motifs is 2. The van der Waals surface area contributed by atoms with E-state index in [1.807, 2.05) is 62.2 Å². The normalized spacial score (nSPS) is 19.4. The fraction of sp³-hybridized carbons (Fsp3) is 0.417. The summed E-state index contributed by atoms with van der Waals surface area (Å²) in [7, 11) is 6.43. The second-order valence-electron chi connectivity index (χ2n) is 9.09. The topological polar surface area (TPSA) is 42.4 Å². The van der Waals surface area contributed by atoms with E-state index in [1.165, 1.54) is 5.56 Å². The summed E-state index contributed by atoms with van der Waals surface area (Å²) in [6.07, 6.45) is 5.34. The molecule has 1 aliphatic heterocycles. The van der Waals surface area contributed by atoms with Crippen LogP contribution in [0.3, 0.4) is 0 Å². The van der Waals surface area contributed by atoms with Gasteiger partial charge in [0.2, 0.25) is 0 Å². The van der Waals surface area contributed by atoms with Gasteiger partial charge in [0, 0.05) is 30.2 Å². The van der Waals surface area contributed by atoms with Gasteiger partial charge in [-0.3, -0.25) is 4.98 Å². The summed E-state index contributed by atoms with van der Waals surface area (Å²) in [6, 6.07) is 9.95. The molecular formula is C24H26BClN2O2. The van der Waals surface area contributed by atoms with E-state index in [2.05, 4.69) is 6.07 Å². The van der Waals surface area contributed by atoms with Crippen molar-refractivity contribution >= 4 is 37.1 Å². The number of aromatic nitrogens is 1. The van der Waals surface area contributed by atoms with Crippen molar-refractivity contribution in [3.8, 4) is 0 Å². The van der Waals surface area contributed by atoms with Crippen LogP contribution >= 0.6 is 11.6 Å². The first-order valence-electron chi connectivity index (χ1n) is 10.4. The van der Waals surface area contributed by atoms with Crippen LogP contribution in [-0.2, 0) is 4.74 Å². The quantitative estimate of drug-likeness (QED) is 0.573. The van der Waals surface area contributed by atoms with Crippen LogP contribution in [0, 0.1) is 5.92 Å². The molecule has 1 aromatic carbocycles. The minimum absolute atomic E-state index is 0.103. The largest absolute Gasteiger partial charge is 0.444 e. The fourth-order valence-electron chi connectivity index (χ4n) is 4.47. The lowest BCUT2D eigenvalue weighted by atomic mass is 9.75. The summed E-state index contributed by atoms with van der Waals surface area (Å²) in [5, 5.41) is 0.690. The molecule has 4 nitrogen and oxygen atoms in total. The first-order valence-corrected chi connectivity index (χ1v) is 10.8. The minimum atomic E-state index is -0.487. The number of hydrogen-bond donors (Lipinski definition) is 0. The van der Waals surface area contributed by atoms with Gasteiger partial charge in [-0.1, -0.05) is 35.3 Å². The van der Waals surface area contributed by atoms with E-state index in [1.54, 1.807) is 0 Å². The molecule has 1 atom stereocenters. The highest BCUT2D eigenvalue weighted by Gasteiger charge is 2.35. The molecule has 1 fully saturated rings. The number of amides is 1. The molecule has 0 bridgehead atoms. The van der Waals surface area contributed by atoms with Crippen LogP contribution in [0.1, 0.15) is 61.9 Å². The first kappa shape index (κ1) is 21.0. The molecule has 1 aliphatic carbocycles. The maximum absolute atomic E-state index is 12.5. The number of likely N-dealkylation sites (tertiary alicyclic amines) is 1. The molecule has 2 aliphatic rings.